The van der Waals surface area contributed by atoms with E-state index in [2.05, 4.69) is 25.3 Å². The lowest BCUT2D eigenvalue weighted by atomic mass is 9.95. The lowest BCUT2D eigenvalue weighted by Gasteiger charge is -2.43. The Labute approximate surface area is 345 Å². The van der Waals surface area contributed by atoms with Crippen LogP contribution in [0.4, 0.5) is 14.6 Å². The summed E-state index contributed by atoms with van der Waals surface area (Å²) in [4.78, 5) is 50.9. The van der Waals surface area contributed by atoms with Crippen molar-refractivity contribution in [3.63, 3.8) is 0 Å². The maximum absolute atomic E-state index is 17.4. The number of rotatable bonds is 14. The maximum atomic E-state index is 17.4. The topological polar surface area (TPSA) is 189 Å². The molecule has 0 spiro atoms. The molecule has 4 aromatic rings. The Morgan fingerprint density at radius 3 is 2.45 bits per heavy atom. The molecular weight excluding hydrogens is 805 g/mol. The summed E-state index contributed by atoms with van der Waals surface area (Å²) in [5.41, 5.74) is -0.651. The second kappa shape index (κ2) is 16.7. The molecule has 60 heavy (non-hydrogen) atoms. The van der Waals surface area contributed by atoms with E-state index in [0.717, 1.165) is 57.7 Å². The molecule has 16 nitrogen and oxygen atoms in total. The largest absolute Gasteiger partial charge is 0.472 e. The number of phosphoric ester groups is 1. The summed E-state index contributed by atoms with van der Waals surface area (Å²) in [5.74, 6) is 0.327. The van der Waals surface area contributed by atoms with Gasteiger partial charge in [-0.2, -0.15) is 9.97 Å². The fourth-order valence-corrected chi connectivity index (χ4v) is 9.39. The van der Waals surface area contributed by atoms with Crippen molar-refractivity contribution in [1.82, 2.24) is 24.8 Å². The van der Waals surface area contributed by atoms with Gasteiger partial charge in [-0.15, -0.1) is 6.42 Å². The molecule has 320 valence electrons. The van der Waals surface area contributed by atoms with Gasteiger partial charge in [0.15, 0.2) is 12.6 Å². The highest BCUT2D eigenvalue weighted by Gasteiger charge is 2.46. The minimum Gasteiger partial charge on any atom is -0.467 e. The van der Waals surface area contributed by atoms with Crippen LogP contribution in [-0.2, 0) is 23.4 Å². The van der Waals surface area contributed by atoms with Crippen LogP contribution < -0.4 is 14.4 Å². The first kappa shape index (κ1) is 42.1. The standard InChI is InChI=1S/C41H47F2N6O10P/c1-5-29-32(42)11-8-25-16-28(56-22-57-60(52,53)54)17-30(33(25)29)35-34(43)36-31(18-44-35)37(46-39(45-36)55-21-41-12-6-14-48(41)15-7-13-41)47-19-26-9-10-27(20-47)49(26)40(51)59-24(4)58-38(50)23(2)3/h1,8,11,16-18,23-24,26-27,40,51H,6-7,9-10,12-15,19-22H2,2-4H3,(H2,52,53,54). The van der Waals surface area contributed by atoms with Gasteiger partial charge in [0.05, 0.1) is 22.4 Å². The quantitative estimate of drug-likeness (QED) is 0.0661. The average molecular weight is 853 g/mol. The number of halogens is 2. The fourth-order valence-electron chi connectivity index (χ4n) is 9.20. The molecule has 0 radical (unpaired) electrons. The summed E-state index contributed by atoms with van der Waals surface area (Å²) < 4.78 is 71.4. The van der Waals surface area contributed by atoms with Crippen LogP contribution in [0.3, 0.4) is 0 Å². The van der Waals surface area contributed by atoms with Crippen molar-refractivity contribution < 1.29 is 56.5 Å². The Morgan fingerprint density at radius 1 is 1.07 bits per heavy atom. The summed E-state index contributed by atoms with van der Waals surface area (Å²) in [6.45, 7) is 7.13. The molecule has 2 aromatic carbocycles. The van der Waals surface area contributed by atoms with Crippen molar-refractivity contribution in [2.75, 3.05) is 44.5 Å². The van der Waals surface area contributed by atoms with Gasteiger partial charge in [0.25, 0.3) is 0 Å². The van der Waals surface area contributed by atoms with E-state index in [1.165, 1.54) is 24.4 Å². The van der Waals surface area contributed by atoms with E-state index in [0.29, 0.717) is 30.9 Å². The highest BCUT2D eigenvalue weighted by Crippen LogP contribution is 2.43. The van der Waals surface area contributed by atoms with Crippen LogP contribution >= 0.6 is 7.82 Å². The van der Waals surface area contributed by atoms with E-state index in [9.17, 15) is 24.3 Å². The predicted molar refractivity (Wildman–Crippen MR) is 213 cm³/mol. The summed E-state index contributed by atoms with van der Waals surface area (Å²) in [5, 5.41) is 12.0. The van der Waals surface area contributed by atoms with Crippen LogP contribution in [0.25, 0.3) is 32.9 Å². The predicted octanol–water partition coefficient (Wildman–Crippen LogP) is 5.05. The Hall–Kier alpha value is -4.57. The van der Waals surface area contributed by atoms with Crippen LogP contribution in [0.2, 0.25) is 0 Å². The lowest BCUT2D eigenvalue weighted by molar-refractivity contribution is -0.276. The number of aromatic nitrogens is 3. The van der Waals surface area contributed by atoms with Crippen molar-refractivity contribution in [1.29, 1.82) is 0 Å². The van der Waals surface area contributed by atoms with Crippen molar-refractivity contribution in [3.8, 4) is 35.4 Å². The zero-order valence-electron chi connectivity index (χ0n) is 33.4. The van der Waals surface area contributed by atoms with Gasteiger partial charge in [0, 0.05) is 42.3 Å². The lowest BCUT2D eigenvalue weighted by Crippen LogP contribution is -2.58. The summed E-state index contributed by atoms with van der Waals surface area (Å²) >= 11 is 0. The minimum atomic E-state index is -4.89. The number of hydrogen-bond acceptors (Lipinski definition) is 14. The van der Waals surface area contributed by atoms with Gasteiger partial charge in [0.2, 0.25) is 12.7 Å². The molecule has 4 aliphatic rings. The van der Waals surface area contributed by atoms with E-state index in [1.54, 1.807) is 20.8 Å². The molecule has 8 rings (SSSR count). The Balaban J connectivity index is 1.18. The molecular formula is C41H47F2N6O10P. The fraction of sp³-hybridized carbons (Fsp3) is 0.512. The minimum absolute atomic E-state index is 0.0122. The molecule has 19 heteroatoms. The molecule has 4 aliphatic heterocycles. The number of esters is 1. The van der Waals surface area contributed by atoms with Gasteiger partial charge < -0.3 is 34.0 Å². The smallest absolute Gasteiger partial charge is 0.467 e. The number of hydrogen-bond donors (Lipinski definition) is 3. The molecule has 2 aromatic heterocycles. The number of nitrogens with zero attached hydrogens (tertiary/aromatic N) is 6. The molecule has 4 atom stereocenters. The van der Waals surface area contributed by atoms with Crippen molar-refractivity contribution in [2.45, 2.75) is 89.6 Å². The molecule has 3 N–H and O–H groups in total. The summed E-state index contributed by atoms with van der Waals surface area (Å²) in [6, 6.07) is 4.92. The first-order valence-corrected chi connectivity index (χ1v) is 21.5. The number of carbonyl (C=O) groups is 1. The Morgan fingerprint density at radius 2 is 1.78 bits per heavy atom. The van der Waals surface area contributed by atoms with E-state index in [-0.39, 0.29) is 68.4 Å². The van der Waals surface area contributed by atoms with E-state index in [4.69, 9.17) is 30.4 Å². The average Bonchev–Trinajstić information content (AvgIpc) is 3.87. The third-order valence-corrected chi connectivity index (χ3v) is 12.4. The van der Waals surface area contributed by atoms with Gasteiger partial charge in [-0.05, 0) is 82.1 Å². The van der Waals surface area contributed by atoms with Crippen LogP contribution in [0.15, 0.2) is 30.5 Å². The third-order valence-electron chi connectivity index (χ3n) is 12.0. The first-order valence-electron chi connectivity index (χ1n) is 20.0. The second-order valence-corrected chi connectivity index (χ2v) is 17.3. The molecule has 4 saturated heterocycles. The van der Waals surface area contributed by atoms with E-state index in [1.807, 2.05) is 9.80 Å². The monoisotopic (exact) mass is 852 g/mol. The summed E-state index contributed by atoms with van der Waals surface area (Å²) in [6.07, 6.45) is 10.3. The highest BCUT2D eigenvalue weighted by molar-refractivity contribution is 7.46. The maximum Gasteiger partial charge on any atom is 0.472 e. The molecule has 4 unspecified atom stereocenters. The molecule has 0 saturated carbocycles. The number of phosphoric acid groups is 1. The Kier molecular flexibility index (Phi) is 11.7. The number of benzene rings is 2. The molecule has 6 heterocycles. The van der Waals surface area contributed by atoms with Crippen molar-refractivity contribution in [3.05, 3.63) is 47.7 Å². The molecule has 0 aliphatic carbocycles. The normalized spacial score (nSPS) is 21.4. The van der Waals surface area contributed by atoms with Crippen LogP contribution in [-0.4, -0.2) is 116 Å². The number of piperazine rings is 1. The molecule has 2 bridgehead atoms. The SMILES string of the molecule is C#Cc1c(F)ccc2cc(OCOP(=O)(O)O)cc(-c3ncc4c(N5CC6CCC(C5)N6C(O)OC(C)OC(=O)C(C)C)nc(OCC56CCCN5CCC6)nc4c3F)c12. The first-order chi connectivity index (χ1) is 28.6. The number of aliphatic hydroxyl groups excluding tert-OH is 1. The third kappa shape index (κ3) is 8.25. The number of fused-ring (bicyclic) bond motifs is 5. The number of carbonyl (C=O) groups excluding carboxylic acids is 1. The number of terminal acetylenes is 1. The van der Waals surface area contributed by atoms with Gasteiger partial charge in [-0.3, -0.25) is 19.4 Å². The van der Waals surface area contributed by atoms with Crippen LogP contribution in [0.5, 0.6) is 11.8 Å². The van der Waals surface area contributed by atoms with Crippen molar-refractivity contribution in [2.24, 2.45) is 5.92 Å². The van der Waals surface area contributed by atoms with Crippen molar-refractivity contribution >= 4 is 41.3 Å². The zero-order chi connectivity index (χ0) is 42.5. The zero-order valence-corrected chi connectivity index (χ0v) is 34.3. The van der Waals surface area contributed by atoms with Gasteiger partial charge in [-0.25, -0.2) is 22.8 Å². The van der Waals surface area contributed by atoms with Crippen LogP contribution in [0.1, 0.15) is 64.9 Å². The summed E-state index contributed by atoms with van der Waals surface area (Å²) in [7, 11) is -4.89. The highest BCUT2D eigenvalue weighted by atomic mass is 31.2. The van der Waals surface area contributed by atoms with Gasteiger partial charge in [-0.1, -0.05) is 25.8 Å². The Bertz CT molecular complexity index is 2370. The van der Waals surface area contributed by atoms with Gasteiger partial charge in [0.1, 0.15) is 35.2 Å². The number of ether oxygens (including phenoxy) is 4. The number of aliphatic hydroxyl groups is 1. The second-order valence-electron chi connectivity index (χ2n) is 16.1. The van der Waals surface area contributed by atoms with E-state index >= 15 is 8.78 Å². The number of anilines is 1. The van der Waals surface area contributed by atoms with Crippen LogP contribution in [0, 0.1) is 29.9 Å². The van der Waals surface area contributed by atoms with Gasteiger partial charge >= 0.3 is 19.8 Å². The number of pyridine rings is 1. The van der Waals surface area contributed by atoms with E-state index < -0.39 is 44.9 Å². The molecule has 0 amide bonds. The molecule has 4 fully saturated rings.